The summed E-state index contributed by atoms with van der Waals surface area (Å²) >= 11 is -1.83. The zero-order chi connectivity index (χ0) is 32.1. The summed E-state index contributed by atoms with van der Waals surface area (Å²) in [5, 5.41) is 3.26. The van der Waals surface area contributed by atoms with Crippen LogP contribution in [0.3, 0.4) is 0 Å². The van der Waals surface area contributed by atoms with Gasteiger partial charge < -0.3 is 0 Å². The maximum absolute atomic E-state index is 4.56. The largest absolute Gasteiger partial charge is 0.0622 e. The number of hydrogen-bond acceptors (Lipinski definition) is 1. The molecule has 0 bridgehead atoms. The third-order valence-corrected chi connectivity index (χ3v) is 24.1. The van der Waals surface area contributed by atoms with Crippen molar-refractivity contribution in [2.75, 3.05) is 0 Å². The molecule has 4 aromatic carbocycles. The van der Waals surface area contributed by atoms with Crippen LogP contribution in [0.25, 0.3) is 11.1 Å². The van der Waals surface area contributed by atoms with E-state index in [4.69, 9.17) is 0 Å². The fourth-order valence-corrected chi connectivity index (χ4v) is 23.5. The van der Waals surface area contributed by atoms with Crippen molar-refractivity contribution in [2.45, 2.75) is 91.5 Å². The van der Waals surface area contributed by atoms with Crippen molar-refractivity contribution in [1.29, 1.82) is 0 Å². The second-order valence-electron chi connectivity index (χ2n) is 13.4. The molecule has 1 unspecified atom stereocenters. The second kappa shape index (κ2) is 18.0. The predicted molar refractivity (Wildman–Crippen MR) is 200 cm³/mol. The Bertz CT molecular complexity index is 1440. The predicted octanol–water partition coefficient (Wildman–Crippen LogP) is 10.2. The molecule has 0 aliphatic heterocycles. The Morgan fingerprint density at radius 1 is 0.522 bits per heavy atom. The van der Waals surface area contributed by atoms with E-state index in [9.17, 15) is 0 Å². The molecule has 1 fully saturated rings. The van der Waals surface area contributed by atoms with Crippen LogP contribution in [0.1, 0.15) is 85.5 Å². The molecule has 0 aromatic heterocycles. The third kappa shape index (κ3) is 9.20. The third-order valence-electron chi connectivity index (χ3n) is 10.3. The molecule has 3 heteroatoms. The normalized spacial score (nSPS) is 17.9. The van der Waals surface area contributed by atoms with Gasteiger partial charge in [0.25, 0.3) is 0 Å². The van der Waals surface area contributed by atoms with Gasteiger partial charge in [-0.05, 0) is 11.1 Å². The fraction of sp³-hybridized carbons (Fsp3) is 0.349. The van der Waals surface area contributed by atoms with Gasteiger partial charge in [0.2, 0.25) is 0 Å². The van der Waals surface area contributed by atoms with Crippen LogP contribution >= 0.6 is 0 Å². The smallest absolute Gasteiger partial charge is 0.0184 e. The Labute approximate surface area is 287 Å². The molecule has 6 rings (SSSR count). The number of hydrogen-bond donors (Lipinski definition) is 1. The van der Waals surface area contributed by atoms with Crippen molar-refractivity contribution in [2.24, 2.45) is 5.92 Å². The maximum atomic E-state index is 4.56. The first kappa shape index (κ1) is 34.6. The van der Waals surface area contributed by atoms with E-state index in [0.29, 0.717) is 12.0 Å². The van der Waals surface area contributed by atoms with Crippen LogP contribution in [-0.2, 0) is 17.4 Å². The molecular formula is C43H54NSiTi. The molecule has 2 aliphatic rings. The Balaban J connectivity index is 0.000000289. The first-order valence-corrected chi connectivity index (χ1v) is 23.8. The standard InChI is InChI=1S/C12H11Si.C12H10.C10H20N.C9H13.Ti/c1-3-7-11(8-4-1)13-12-9-5-2-6-10-12;1-3-7-11(8-4-1)12-9-5-2-6-10-12;11-10-8-6-4-2-1-3-5-7-9-10;1-6-5-7(2)9(4)8(6)3;/h1-10,13H;1-10H;10-11H,1-9H2;6H,1-4H3;/q;;-1;;+1. The summed E-state index contributed by atoms with van der Waals surface area (Å²) < 4.78 is 6.40. The average molecular weight is 661 g/mol. The SMILES string of the molecule is CC1=C(C)C(C)[C]([Ti]([NH]C2CCCCCCCCC2)[SiH](c2ccccc2)c2ccccc2)=C1C.c1ccc(-c2ccccc2)cc1. The van der Waals surface area contributed by atoms with Gasteiger partial charge in [0.15, 0.2) is 0 Å². The molecular weight excluding hydrogens is 606 g/mol. The number of allylic oxidation sites excluding steroid dienone is 4. The minimum Gasteiger partial charge on any atom is -0.0622 e. The van der Waals surface area contributed by atoms with E-state index >= 15 is 0 Å². The van der Waals surface area contributed by atoms with E-state index in [1.54, 1.807) is 27.1 Å². The van der Waals surface area contributed by atoms with Gasteiger partial charge >= 0.3 is 217 Å². The summed E-state index contributed by atoms with van der Waals surface area (Å²) in [7, 11) is 0. The summed E-state index contributed by atoms with van der Waals surface area (Å²) in [5.74, 6) is 0.601. The Morgan fingerprint density at radius 2 is 0.913 bits per heavy atom. The van der Waals surface area contributed by atoms with E-state index in [-0.39, 0.29) is 0 Å². The van der Waals surface area contributed by atoms with E-state index in [1.165, 1.54) is 68.9 Å². The maximum Gasteiger partial charge on any atom is -0.0184 e. The van der Waals surface area contributed by atoms with Gasteiger partial charge in [-0.3, -0.25) is 0 Å². The average Bonchev–Trinajstić information content (AvgIpc) is 3.30. The zero-order valence-corrected chi connectivity index (χ0v) is 31.4. The molecule has 0 heterocycles. The van der Waals surface area contributed by atoms with Gasteiger partial charge in [-0.2, -0.15) is 0 Å². The molecule has 0 radical (unpaired) electrons. The van der Waals surface area contributed by atoms with Crippen molar-refractivity contribution in [3.63, 3.8) is 0 Å². The van der Waals surface area contributed by atoms with Crippen molar-refractivity contribution in [3.05, 3.63) is 142 Å². The minimum atomic E-state index is -1.83. The molecule has 1 atom stereocenters. The van der Waals surface area contributed by atoms with Gasteiger partial charge in [-0.15, -0.1) is 0 Å². The number of nitrogens with one attached hydrogen (secondary N) is 1. The van der Waals surface area contributed by atoms with Gasteiger partial charge in [-0.25, -0.2) is 0 Å². The number of rotatable bonds is 7. The van der Waals surface area contributed by atoms with E-state index < -0.39 is 24.0 Å². The molecule has 0 spiro atoms. The summed E-state index contributed by atoms with van der Waals surface area (Å²) in [6.45, 7) is 8.29. The summed E-state index contributed by atoms with van der Waals surface area (Å²) in [4.78, 5) is 0. The van der Waals surface area contributed by atoms with Crippen molar-refractivity contribution < 1.29 is 17.4 Å². The molecule has 46 heavy (non-hydrogen) atoms. The Kier molecular flexibility index (Phi) is 13.5. The van der Waals surface area contributed by atoms with Gasteiger partial charge in [-0.1, -0.05) is 60.7 Å². The van der Waals surface area contributed by atoms with Crippen molar-refractivity contribution in [3.8, 4) is 11.1 Å². The van der Waals surface area contributed by atoms with E-state index in [1.807, 2.05) is 16.0 Å². The molecule has 239 valence electrons. The molecule has 1 saturated carbocycles. The summed E-state index contributed by atoms with van der Waals surface area (Å²) in [5.41, 5.74) is 7.35. The zero-order valence-electron chi connectivity index (χ0n) is 28.6. The first-order chi connectivity index (χ1) is 22.5. The van der Waals surface area contributed by atoms with Crippen LogP contribution in [0.2, 0.25) is 0 Å². The second-order valence-corrected chi connectivity index (χ2v) is 23.2. The van der Waals surface area contributed by atoms with Crippen molar-refractivity contribution in [1.82, 2.24) is 3.80 Å². The first-order valence-electron chi connectivity index (χ1n) is 17.8. The fourth-order valence-electron chi connectivity index (χ4n) is 7.37. The molecule has 2 aliphatic carbocycles. The van der Waals surface area contributed by atoms with E-state index in [0.717, 1.165) is 0 Å². The molecule has 0 amide bonds. The number of benzene rings is 4. The topological polar surface area (TPSA) is 12.0 Å². The van der Waals surface area contributed by atoms with Crippen LogP contribution in [0, 0.1) is 5.92 Å². The summed E-state index contributed by atoms with van der Waals surface area (Å²) in [6, 6.07) is 44.7. The molecule has 1 nitrogen and oxygen atoms in total. The Hall–Kier alpha value is -2.75. The van der Waals surface area contributed by atoms with Crippen LogP contribution in [0.4, 0.5) is 0 Å². The van der Waals surface area contributed by atoms with Gasteiger partial charge in [0, 0.05) is 0 Å². The molecule has 0 saturated heterocycles. The van der Waals surface area contributed by atoms with E-state index in [2.05, 4.69) is 141 Å². The molecule has 4 aromatic rings. The quantitative estimate of drug-likeness (QED) is 0.195. The Morgan fingerprint density at radius 3 is 1.30 bits per heavy atom. The molecule has 1 N–H and O–H groups in total. The van der Waals surface area contributed by atoms with Crippen LogP contribution in [-0.4, -0.2) is 12.7 Å². The van der Waals surface area contributed by atoms with Crippen LogP contribution < -0.4 is 14.2 Å². The summed E-state index contributed by atoms with van der Waals surface area (Å²) in [6.07, 6.45) is 12.7. The van der Waals surface area contributed by atoms with Crippen LogP contribution in [0.5, 0.6) is 0 Å². The van der Waals surface area contributed by atoms with Gasteiger partial charge in [0.05, 0.1) is 0 Å². The minimum absolute atomic E-state index is 0.601. The van der Waals surface area contributed by atoms with Crippen molar-refractivity contribution >= 4 is 17.0 Å². The van der Waals surface area contributed by atoms with Crippen LogP contribution in [0.15, 0.2) is 142 Å². The van der Waals surface area contributed by atoms with Gasteiger partial charge in [0.1, 0.15) is 0 Å². The monoisotopic (exact) mass is 660 g/mol.